The van der Waals surface area contributed by atoms with Crippen LogP contribution in [0, 0.1) is 0 Å². The first kappa shape index (κ1) is 33.4. The van der Waals surface area contributed by atoms with Gasteiger partial charge in [0.1, 0.15) is 11.6 Å². The van der Waals surface area contributed by atoms with Crippen LogP contribution in [0.3, 0.4) is 0 Å². The van der Waals surface area contributed by atoms with Crippen LogP contribution in [0.25, 0.3) is 66.4 Å². The molecular formula is C52H35N5O. The Morgan fingerprint density at radius 1 is 0.397 bits per heavy atom. The molecule has 0 spiro atoms. The Kier molecular flexibility index (Phi) is 8.04. The highest BCUT2D eigenvalue weighted by molar-refractivity contribution is 6.23. The van der Waals surface area contributed by atoms with Crippen molar-refractivity contribution >= 4 is 60.8 Å². The number of para-hydroxylation sites is 5. The zero-order chi connectivity index (χ0) is 38.4. The maximum atomic E-state index is 6.80. The number of fused-ring (bicyclic) bond motifs is 7. The van der Waals surface area contributed by atoms with Crippen LogP contribution < -0.4 is 9.64 Å². The number of anilines is 3. The number of hydrogen-bond donors (Lipinski definition) is 0. The van der Waals surface area contributed by atoms with Gasteiger partial charge in [0.25, 0.3) is 0 Å². The van der Waals surface area contributed by atoms with Crippen molar-refractivity contribution in [1.29, 1.82) is 0 Å². The lowest BCUT2D eigenvalue weighted by molar-refractivity contribution is 0.462. The Hall–Kier alpha value is -7.96. The van der Waals surface area contributed by atoms with Crippen molar-refractivity contribution in [3.05, 3.63) is 212 Å². The largest absolute Gasteiger partial charge is 0.439 e. The van der Waals surface area contributed by atoms with Gasteiger partial charge in [0.05, 0.1) is 22.1 Å². The van der Waals surface area contributed by atoms with Gasteiger partial charge in [-0.25, -0.2) is 4.98 Å². The Labute approximate surface area is 335 Å². The van der Waals surface area contributed by atoms with E-state index in [0.717, 1.165) is 44.9 Å². The summed E-state index contributed by atoms with van der Waals surface area (Å²) < 4.78 is 11.6. The molecule has 0 aliphatic carbocycles. The molecule has 3 heterocycles. The summed E-state index contributed by atoms with van der Waals surface area (Å²) in [5, 5.41) is 4.78. The summed E-state index contributed by atoms with van der Waals surface area (Å²) in [6, 6.07) is 73.3. The molecule has 0 aliphatic heterocycles. The van der Waals surface area contributed by atoms with Crippen molar-refractivity contribution in [1.82, 2.24) is 19.1 Å². The van der Waals surface area contributed by atoms with Crippen LogP contribution in [0.4, 0.5) is 17.2 Å². The Bertz CT molecular complexity index is 3210. The molecule has 11 aromatic rings. The molecule has 11 rings (SSSR count). The van der Waals surface area contributed by atoms with Gasteiger partial charge in [-0.2, -0.15) is 4.98 Å². The third kappa shape index (κ3) is 5.66. The van der Waals surface area contributed by atoms with E-state index in [9.17, 15) is 0 Å². The fraction of sp³-hybridized carbons (Fsp3) is 0. The zero-order valence-corrected chi connectivity index (χ0v) is 31.4. The van der Waals surface area contributed by atoms with E-state index >= 15 is 0 Å². The highest BCUT2D eigenvalue weighted by Gasteiger charge is 2.22. The second kappa shape index (κ2) is 14.0. The van der Waals surface area contributed by atoms with Gasteiger partial charge in [0.15, 0.2) is 5.82 Å². The number of hydrogen-bond acceptors (Lipinski definition) is 4. The lowest BCUT2D eigenvalue weighted by Gasteiger charge is -2.25. The van der Waals surface area contributed by atoms with Crippen LogP contribution in [-0.4, -0.2) is 19.1 Å². The van der Waals surface area contributed by atoms with Crippen molar-refractivity contribution < 1.29 is 4.74 Å². The molecule has 0 N–H and O–H groups in total. The van der Waals surface area contributed by atoms with Gasteiger partial charge in [-0.3, -0.25) is 4.90 Å². The Morgan fingerprint density at radius 2 is 0.897 bits per heavy atom. The number of benzene rings is 8. The molecule has 0 aliphatic rings. The van der Waals surface area contributed by atoms with E-state index < -0.39 is 0 Å². The minimum absolute atomic E-state index is 0.437. The van der Waals surface area contributed by atoms with E-state index in [1.807, 2.05) is 78.9 Å². The summed E-state index contributed by atoms with van der Waals surface area (Å²) in [6.07, 6.45) is 0. The fourth-order valence-electron chi connectivity index (χ4n) is 8.28. The molecule has 0 unspecified atom stereocenters. The summed E-state index contributed by atoms with van der Waals surface area (Å²) in [4.78, 5) is 12.3. The third-order valence-electron chi connectivity index (χ3n) is 10.8. The molecule has 58 heavy (non-hydrogen) atoms. The average molecular weight is 746 g/mol. The predicted molar refractivity (Wildman–Crippen MR) is 237 cm³/mol. The van der Waals surface area contributed by atoms with Crippen molar-refractivity contribution in [3.63, 3.8) is 0 Å². The average Bonchev–Trinajstić information content (AvgIpc) is 3.81. The molecule has 6 heteroatoms. The summed E-state index contributed by atoms with van der Waals surface area (Å²) in [7, 11) is 0. The Morgan fingerprint density at radius 3 is 1.50 bits per heavy atom. The van der Waals surface area contributed by atoms with E-state index in [2.05, 4.69) is 147 Å². The second-order valence-corrected chi connectivity index (χ2v) is 14.3. The number of rotatable bonds is 8. The maximum absolute atomic E-state index is 6.80. The van der Waals surface area contributed by atoms with Gasteiger partial charge >= 0.3 is 0 Å². The normalized spacial score (nSPS) is 11.4. The Balaban J connectivity index is 1.11. The predicted octanol–water partition coefficient (Wildman–Crippen LogP) is 13.6. The van der Waals surface area contributed by atoms with E-state index in [4.69, 9.17) is 14.7 Å². The van der Waals surface area contributed by atoms with E-state index in [1.165, 1.54) is 27.1 Å². The minimum atomic E-state index is 0.437. The first-order chi connectivity index (χ1) is 28.8. The van der Waals surface area contributed by atoms with E-state index in [-0.39, 0.29) is 0 Å². The van der Waals surface area contributed by atoms with Crippen molar-refractivity contribution in [2.45, 2.75) is 0 Å². The topological polar surface area (TPSA) is 48.1 Å². The molecule has 0 amide bonds. The standard InChI is InChI=1S/C52H35N5O/c1-5-18-36(19-6-1)52-53-48(55(37-20-7-2-8-21-37)38-22-9-3-10-23-38)35-49(54-52)58-41-27-17-26-40(34-41)57-47-31-16-14-29-43(47)45-33-32-44-42-28-13-15-30-46(42)56(50(44)51(45)57)39-24-11-4-12-25-39/h1-35H. The van der Waals surface area contributed by atoms with Crippen molar-refractivity contribution in [3.8, 4) is 34.4 Å². The number of nitrogens with zero attached hydrogens (tertiary/aromatic N) is 5. The van der Waals surface area contributed by atoms with Crippen molar-refractivity contribution in [2.24, 2.45) is 0 Å². The van der Waals surface area contributed by atoms with Gasteiger partial charge in [0.2, 0.25) is 5.88 Å². The monoisotopic (exact) mass is 745 g/mol. The molecule has 6 nitrogen and oxygen atoms in total. The van der Waals surface area contributed by atoms with Crippen LogP contribution in [0.15, 0.2) is 212 Å². The van der Waals surface area contributed by atoms with Crippen LogP contribution in [0.1, 0.15) is 0 Å². The molecule has 0 saturated carbocycles. The quantitative estimate of drug-likeness (QED) is 0.155. The molecule has 0 fully saturated rings. The number of aromatic nitrogens is 4. The zero-order valence-electron chi connectivity index (χ0n) is 31.4. The highest BCUT2D eigenvalue weighted by atomic mass is 16.5. The lowest BCUT2D eigenvalue weighted by Crippen LogP contribution is -2.12. The SMILES string of the molecule is c1ccc(-c2nc(Oc3cccc(-n4c5ccccc5c5ccc6c7ccccc7n(-c7ccccc7)c6c54)c3)cc(N(c3ccccc3)c3ccccc3)n2)cc1. The van der Waals surface area contributed by atoms with Gasteiger partial charge < -0.3 is 13.9 Å². The highest BCUT2D eigenvalue weighted by Crippen LogP contribution is 2.42. The molecule has 0 bridgehead atoms. The van der Waals surface area contributed by atoms with Gasteiger partial charge in [-0.15, -0.1) is 0 Å². The van der Waals surface area contributed by atoms with Gasteiger partial charge in [-0.1, -0.05) is 140 Å². The first-order valence-electron chi connectivity index (χ1n) is 19.4. The van der Waals surface area contributed by atoms with E-state index in [1.54, 1.807) is 0 Å². The lowest BCUT2D eigenvalue weighted by atomic mass is 10.1. The summed E-state index contributed by atoms with van der Waals surface area (Å²) in [5.41, 5.74) is 9.51. The van der Waals surface area contributed by atoms with E-state index in [0.29, 0.717) is 23.3 Å². The minimum Gasteiger partial charge on any atom is -0.439 e. The van der Waals surface area contributed by atoms with Crippen molar-refractivity contribution in [2.75, 3.05) is 4.90 Å². The third-order valence-corrected chi connectivity index (χ3v) is 10.8. The van der Waals surface area contributed by atoms with Crippen LogP contribution >= 0.6 is 0 Å². The summed E-state index contributed by atoms with van der Waals surface area (Å²) >= 11 is 0. The summed E-state index contributed by atoms with van der Waals surface area (Å²) in [6.45, 7) is 0. The summed E-state index contributed by atoms with van der Waals surface area (Å²) in [5.74, 6) is 2.36. The fourth-order valence-corrected chi connectivity index (χ4v) is 8.28. The van der Waals surface area contributed by atoms with Crippen LogP contribution in [0.2, 0.25) is 0 Å². The smallest absolute Gasteiger partial charge is 0.224 e. The number of ether oxygens (including phenoxy) is 1. The molecule has 3 aromatic heterocycles. The maximum Gasteiger partial charge on any atom is 0.224 e. The molecular weight excluding hydrogens is 711 g/mol. The molecule has 0 radical (unpaired) electrons. The second-order valence-electron chi connectivity index (χ2n) is 14.3. The molecule has 274 valence electrons. The molecule has 0 saturated heterocycles. The first-order valence-corrected chi connectivity index (χ1v) is 19.4. The van der Waals surface area contributed by atoms with Gasteiger partial charge in [-0.05, 0) is 60.7 Å². The van der Waals surface area contributed by atoms with Crippen LogP contribution in [-0.2, 0) is 0 Å². The molecule has 0 atom stereocenters. The molecule has 8 aromatic carbocycles. The van der Waals surface area contributed by atoms with Gasteiger partial charge in [0, 0.05) is 62.0 Å². The van der Waals surface area contributed by atoms with Crippen LogP contribution in [0.5, 0.6) is 11.6 Å².